The average Bonchev–Trinajstić information content (AvgIpc) is 2.62. The summed E-state index contributed by atoms with van der Waals surface area (Å²) in [7, 11) is 0. The molecule has 1 aliphatic carbocycles. The normalized spacial score (nSPS) is 18.3. The van der Waals surface area contributed by atoms with Crippen molar-refractivity contribution in [3.63, 3.8) is 0 Å². The van der Waals surface area contributed by atoms with E-state index in [1.165, 1.54) is 0 Å². The van der Waals surface area contributed by atoms with Crippen LogP contribution >= 0.6 is 0 Å². The molecule has 0 unspecified atom stereocenters. The highest BCUT2D eigenvalue weighted by Gasteiger charge is 2.41. The Kier molecular flexibility index (Phi) is 1.60. The summed E-state index contributed by atoms with van der Waals surface area (Å²) < 4.78 is 5.42. The van der Waals surface area contributed by atoms with Crippen molar-refractivity contribution in [1.29, 1.82) is 5.26 Å². The van der Waals surface area contributed by atoms with E-state index in [2.05, 4.69) is 11.1 Å². The first-order chi connectivity index (χ1) is 7.36. The van der Waals surface area contributed by atoms with E-state index in [1.807, 2.05) is 12.1 Å². The van der Waals surface area contributed by atoms with E-state index in [9.17, 15) is 5.26 Å². The van der Waals surface area contributed by atoms with Crippen molar-refractivity contribution in [1.82, 2.24) is 4.98 Å². The summed E-state index contributed by atoms with van der Waals surface area (Å²) in [4.78, 5) is 4.29. The zero-order valence-electron chi connectivity index (χ0n) is 8.23. The van der Waals surface area contributed by atoms with Gasteiger partial charge in [0.1, 0.15) is 5.52 Å². The van der Waals surface area contributed by atoms with Crippen LogP contribution in [0.1, 0.15) is 24.8 Å². The molecule has 15 heavy (non-hydrogen) atoms. The van der Waals surface area contributed by atoms with Gasteiger partial charge in [0.2, 0.25) is 0 Å². The number of hydrogen-bond acceptors (Lipinski definition) is 3. The molecule has 0 atom stereocenters. The van der Waals surface area contributed by atoms with E-state index < -0.39 is 0 Å². The topological polar surface area (TPSA) is 49.8 Å². The molecule has 1 saturated carbocycles. The van der Waals surface area contributed by atoms with Gasteiger partial charge in [0.15, 0.2) is 5.58 Å². The minimum Gasteiger partial charge on any atom is -0.462 e. The number of hydrogen-bond donors (Lipinski definition) is 0. The standard InChI is InChI=1S/C12H10N2O/c13-8-12(4-2-5-12)9-7-15-10-3-1-6-14-11(9)10/h1,3,6-7H,2,4-5H2. The number of furan rings is 1. The monoisotopic (exact) mass is 198 g/mol. The SMILES string of the molecule is N#CC1(c2coc3cccnc23)CCC1. The molecule has 2 aromatic rings. The van der Waals surface area contributed by atoms with Gasteiger partial charge in [0, 0.05) is 11.8 Å². The third-order valence-corrected chi connectivity index (χ3v) is 3.27. The van der Waals surface area contributed by atoms with Crippen molar-refractivity contribution < 1.29 is 4.42 Å². The van der Waals surface area contributed by atoms with Gasteiger partial charge in [-0.05, 0) is 31.4 Å². The van der Waals surface area contributed by atoms with E-state index in [1.54, 1.807) is 12.5 Å². The van der Waals surface area contributed by atoms with Crippen molar-refractivity contribution >= 4 is 11.1 Å². The molecular formula is C12H10N2O. The Labute approximate surface area is 87.3 Å². The molecule has 3 nitrogen and oxygen atoms in total. The van der Waals surface area contributed by atoms with Gasteiger partial charge in [-0.3, -0.25) is 4.98 Å². The lowest BCUT2D eigenvalue weighted by molar-refractivity contribution is 0.323. The van der Waals surface area contributed by atoms with Gasteiger partial charge in [-0.2, -0.15) is 5.26 Å². The maximum atomic E-state index is 9.25. The van der Waals surface area contributed by atoms with Gasteiger partial charge in [-0.15, -0.1) is 0 Å². The molecule has 0 amide bonds. The van der Waals surface area contributed by atoms with Crippen LogP contribution in [0.5, 0.6) is 0 Å². The lowest BCUT2D eigenvalue weighted by Gasteiger charge is -2.34. The summed E-state index contributed by atoms with van der Waals surface area (Å²) in [6.45, 7) is 0. The molecular weight excluding hydrogens is 188 g/mol. The Hall–Kier alpha value is -1.82. The molecule has 3 heteroatoms. The number of pyridine rings is 1. The molecule has 0 radical (unpaired) electrons. The van der Waals surface area contributed by atoms with E-state index >= 15 is 0 Å². The van der Waals surface area contributed by atoms with Crippen molar-refractivity contribution in [3.05, 3.63) is 30.2 Å². The Morgan fingerprint density at radius 1 is 1.47 bits per heavy atom. The van der Waals surface area contributed by atoms with Crippen LogP contribution in [0.25, 0.3) is 11.1 Å². The first kappa shape index (κ1) is 8.49. The number of aromatic nitrogens is 1. The Bertz CT molecular complexity index is 546. The van der Waals surface area contributed by atoms with E-state index in [-0.39, 0.29) is 5.41 Å². The quantitative estimate of drug-likeness (QED) is 0.707. The average molecular weight is 198 g/mol. The minimum absolute atomic E-state index is 0.334. The third kappa shape index (κ3) is 1.02. The molecule has 1 fully saturated rings. The molecule has 0 N–H and O–H groups in total. The van der Waals surface area contributed by atoms with E-state index in [4.69, 9.17) is 4.42 Å². The zero-order valence-corrected chi connectivity index (χ0v) is 8.23. The van der Waals surface area contributed by atoms with Crippen LogP contribution in [0.15, 0.2) is 29.0 Å². The van der Waals surface area contributed by atoms with Crippen LogP contribution in [0.4, 0.5) is 0 Å². The maximum Gasteiger partial charge on any atom is 0.152 e. The zero-order chi connectivity index (χ0) is 10.3. The van der Waals surface area contributed by atoms with Gasteiger partial charge >= 0.3 is 0 Å². The molecule has 1 aliphatic rings. The summed E-state index contributed by atoms with van der Waals surface area (Å²) in [5.41, 5.74) is 2.25. The molecule has 0 aromatic carbocycles. The van der Waals surface area contributed by atoms with Crippen LogP contribution in [0, 0.1) is 11.3 Å². The van der Waals surface area contributed by atoms with Crippen LogP contribution in [0.3, 0.4) is 0 Å². The summed E-state index contributed by atoms with van der Waals surface area (Å²) in [5.74, 6) is 0. The van der Waals surface area contributed by atoms with Gasteiger partial charge in [0.25, 0.3) is 0 Å². The highest BCUT2D eigenvalue weighted by molar-refractivity contribution is 5.78. The number of nitriles is 1. The van der Waals surface area contributed by atoms with Crippen molar-refractivity contribution in [3.8, 4) is 6.07 Å². The first-order valence-electron chi connectivity index (χ1n) is 5.10. The van der Waals surface area contributed by atoms with Crippen molar-refractivity contribution in [2.24, 2.45) is 0 Å². The molecule has 0 spiro atoms. The van der Waals surface area contributed by atoms with Gasteiger partial charge in [-0.25, -0.2) is 0 Å². The van der Waals surface area contributed by atoms with Gasteiger partial charge < -0.3 is 4.42 Å². The minimum atomic E-state index is -0.334. The predicted molar refractivity (Wildman–Crippen MR) is 55.2 cm³/mol. The molecule has 0 bridgehead atoms. The molecule has 2 heterocycles. The summed E-state index contributed by atoms with van der Waals surface area (Å²) in [6, 6.07) is 6.14. The highest BCUT2D eigenvalue weighted by atomic mass is 16.3. The Morgan fingerprint density at radius 2 is 2.33 bits per heavy atom. The summed E-state index contributed by atoms with van der Waals surface area (Å²) in [6.07, 6.45) is 6.40. The second-order valence-electron chi connectivity index (χ2n) is 4.05. The summed E-state index contributed by atoms with van der Waals surface area (Å²) >= 11 is 0. The fourth-order valence-corrected chi connectivity index (χ4v) is 2.18. The molecule has 3 rings (SSSR count). The second-order valence-corrected chi connectivity index (χ2v) is 4.05. The smallest absolute Gasteiger partial charge is 0.152 e. The van der Waals surface area contributed by atoms with Gasteiger partial charge in [0.05, 0.1) is 17.7 Å². The molecule has 0 aliphatic heterocycles. The fraction of sp³-hybridized carbons (Fsp3) is 0.333. The largest absolute Gasteiger partial charge is 0.462 e. The van der Waals surface area contributed by atoms with Crippen molar-refractivity contribution in [2.75, 3.05) is 0 Å². The number of fused-ring (bicyclic) bond motifs is 1. The Balaban J connectivity index is 2.24. The number of rotatable bonds is 1. The molecule has 0 saturated heterocycles. The predicted octanol–water partition coefficient (Wildman–Crippen LogP) is 2.77. The highest BCUT2D eigenvalue weighted by Crippen LogP contribution is 2.45. The van der Waals surface area contributed by atoms with Crippen molar-refractivity contribution in [2.45, 2.75) is 24.7 Å². The number of nitrogens with zero attached hydrogens (tertiary/aromatic N) is 2. The Morgan fingerprint density at radius 3 is 3.00 bits per heavy atom. The fourth-order valence-electron chi connectivity index (χ4n) is 2.18. The van der Waals surface area contributed by atoms with Crippen LogP contribution in [-0.2, 0) is 5.41 Å². The van der Waals surface area contributed by atoms with Crippen LogP contribution < -0.4 is 0 Å². The van der Waals surface area contributed by atoms with Crippen LogP contribution in [0.2, 0.25) is 0 Å². The first-order valence-corrected chi connectivity index (χ1v) is 5.10. The van der Waals surface area contributed by atoms with E-state index in [0.717, 1.165) is 35.9 Å². The second kappa shape index (κ2) is 2.83. The third-order valence-electron chi connectivity index (χ3n) is 3.27. The summed E-state index contributed by atoms with van der Waals surface area (Å²) in [5, 5.41) is 9.25. The molecule has 2 aromatic heterocycles. The van der Waals surface area contributed by atoms with E-state index in [0.29, 0.717) is 0 Å². The maximum absolute atomic E-state index is 9.25. The molecule has 74 valence electrons. The van der Waals surface area contributed by atoms with Crippen LogP contribution in [-0.4, -0.2) is 4.98 Å². The van der Waals surface area contributed by atoms with Gasteiger partial charge in [-0.1, -0.05) is 0 Å². The lowest BCUT2D eigenvalue weighted by Crippen LogP contribution is -2.32. The lowest BCUT2D eigenvalue weighted by atomic mass is 9.66.